The topological polar surface area (TPSA) is 64.4 Å². The molecule has 0 spiro atoms. The highest BCUT2D eigenvalue weighted by Crippen LogP contribution is 2.32. The van der Waals surface area contributed by atoms with Gasteiger partial charge in [0.15, 0.2) is 11.5 Å². The molecular weight excluding hydrogens is 340 g/mol. The Morgan fingerprint density at radius 2 is 1.84 bits per heavy atom. The van der Waals surface area contributed by atoms with E-state index < -0.39 is 0 Å². The molecule has 0 fully saturated rings. The number of H-pyrrole nitrogens is 1. The minimum Gasteiger partial charge on any atom is -0.380 e. The molecular formula is C18H23ClN4O2. The smallest absolute Gasteiger partial charge is 0.175 e. The third-order valence-corrected chi connectivity index (χ3v) is 4.35. The van der Waals surface area contributed by atoms with Crippen LogP contribution in [0.4, 0.5) is 0 Å². The fourth-order valence-corrected chi connectivity index (χ4v) is 3.25. The number of rotatable bonds is 5. The molecule has 1 N–H and O–H groups in total. The summed E-state index contributed by atoms with van der Waals surface area (Å²) in [5.41, 5.74) is 4.46. The van der Waals surface area contributed by atoms with E-state index in [0.717, 1.165) is 22.4 Å². The summed E-state index contributed by atoms with van der Waals surface area (Å²) >= 11 is 6.51. The molecule has 0 aliphatic rings. The molecule has 0 aliphatic heterocycles. The van der Waals surface area contributed by atoms with Gasteiger partial charge in [-0.15, -0.1) is 9.73 Å². The molecule has 1 aromatic carbocycles. The second kappa shape index (κ2) is 6.78. The average molecular weight is 363 g/mol. The third kappa shape index (κ3) is 3.42. The number of hydrogen-bond donors (Lipinski definition) is 1. The van der Waals surface area contributed by atoms with Gasteiger partial charge in [-0.1, -0.05) is 50.6 Å². The number of hydrogen-bond acceptors (Lipinski definition) is 4. The molecule has 2 heterocycles. The van der Waals surface area contributed by atoms with E-state index in [2.05, 4.69) is 42.0 Å². The molecule has 134 valence electrons. The van der Waals surface area contributed by atoms with Crippen LogP contribution in [0.15, 0.2) is 18.2 Å². The fourth-order valence-electron chi connectivity index (χ4n) is 2.81. The van der Waals surface area contributed by atoms with Gasteiger partial charge >= 0.3 is 0 Å². The predicted molar refractivity (Wildman–Crippen MR) is 97.9 cm³/mol. The van der Waals surface area contributed by atoms with Crippen molar-refractivity contribution in [3.8, 4) is 11.4 Å². The average Bonchev–Trinajstić information content (AvgIpc) is 3.08. The van der Waals surface area contributed by atoms with Crippen LogP contribution in [-0.4, -0.2) is 34.0 Å². The molecule has 2 aromatic heterocycles. The van der Waals surface area contributed by atoms with Crippen molar-refractivity contribution in [2.75, 3.05) is 14.2 Å². The number of halogens is 1. The number of aromatic amines is 1. The molecule has 0 unspecified atom stereocenters. The fraction of sp³-hybridized carbons (Fsp3) is 0.444. The quantitative estimate of drug-likeness (QED) is 0.745. The SMILES string of the molecule is COCc1ccc(-c2nn3nc(C(C)(C)C)c(Cl)c3[nH]2)c(COC)c1. The first-order valence-electron chi connectivity index (χ1n) is 8.10. The van der Waals surface area contributed by atoms with Crippen LogP contribution in [0, 0.1) is 0 Å². The van der Waals surface area contributed by atoms with E-state index in [0.29, 0.717) is 29.7 Å². The summed E-state index contributed by atoms with van der Waals surface area (Å²) < 4.78 is 12.1. The molecule has 0 saturated carbocycles. The Bertz CT molecular complexity index is 892. The van der Waals surface area contributed by atoms with Gasteiger partial charge < -0.3 is 14.5 Å². The highest BCUT2D eigenvalue weighted by Gasteiger charge is 2.25. The van der Waals surface area contributed by atoms with Crippen LogP contribution in [-0.2, 0) is 28.1 Å². The van der Waals surface area contributed by atoms with Gasteiger partial charge in [-0.05, 0) is 11.1 Å². The van der Waals surface area contributed by atoms with Gasteiger partial charge in [-0.3, -0.25) is 0 Å². The lowest BCUT2D eigenvalue weighted by molar-refractivity contribution is 0.180. The molecule has 0 aliphatic carbocycles. The number of ether oxygens (including phenoxy) is 2. The van der Waals surface area contributed by atoms with Crippen molar-refractivity contribution in [2.24, 2.45) is 0 Å². The zero-order valence-electron chi connectivity index (χ0n) is 15.2. The van der Waals surface area contributed by atoms with Gasteiger partial charge in [0.2, 0.25) is 0 Å². The van der Waals surface area contributed by atoms with Crippen LogP contribution < -0.4 is 0 Å². The van der Waals surface area contributed by atoms with Crippen molar-refractivity contribution < 1.29 is 9.47 Å². The van der Waals surface area contributed by atoms with E-state index in [1.54, 1.807) is 18.8 Å². The number of benzene rings is 1. The lowest BCUT2D eigenvalue weighted by Crippen LogP contribution is -2.13. The number of methoxy groups -OCH3 is 2. The number of nitrogens with one attached hydrogen (secondary N) is 1. The lowest BCUT2D eigenvalue weighted by Gasteiger charge is -2.14. The van der Waals surface area contributed by atoms with Gasteiger partial charge in [0.25, 0.3) is 0 Å². The predicted octanol–water partition coefficient (Wildman–Crippen LogP) is 3.97. The standard InChI is InChI=1S/C18H23ClN4O2/c1-18(2,3)15-14(19)17-20-16(22-23(17)21-15)13-7-6-11(9-24-4)8-12(13)10-25-5/h6-8H,9-10H2,1-5H3,(H,20,22). The van der Waals surface area contributed by atoms with Gasteiger partial charge in [-0.2, -0.15) is 5.10 Å². The molecule has 0 atom stereocenters. The van der Waals surface area contributed by atoms with Crippen LogP contribution in [0.25, 0.3) is 17.0 Å². The molecule has 0 radical (unpaired) electrons. The second-order valence-corrected chi connectivity index (χ2v) is 7.46. The van der Waals surface area contributed by atoms with E-state index in [-0.39, 0.29) is 5.41 Å². The van der Waals surface area contributed by atoms with E-state index in [1.165, 1.54) is 0 Å². The maximum Gasteiger partial charge on any atom is 0.175 e. The summed E-state index contributed by atoms with van der Waals surface area (Å²) in [7, 11) is 3.36. The second-order valence-electron chi connectivity index (χ2n) is 7.08. The van der Waals surface area contributed by atoms with Gasteiger partial charge in [0.1, 0.15) is 5.02 Å². The lowest BCUT2D eigenvalue weighted by atomic mass is 9.92. The van der Waals surface area contributed by atoms with Gasteiger partial charge in [-0.25, -0.2) is 0 Å². The Morgan fingerprint density at radius 1 is 1.12 bits per heavy atom. The minimum absolute atomic E-state index is 0.144. The van der Waals surface area contributed by atoms with Gasteiger partial charge in [0.05, 0.1) is 18.9 Å². The number of aromatic nitrogens is 4. The molecule has 0 bridgehead atoms. The maximum atomic E-state index is 6.51. The molecule has 25 heavy (non-hydrogen) atoms. The molecule has 6 nitrogen and oxygen atoms in total. The molecule has 0 amide bonds. The first-order chi connectivity index (χ1) is 11.8. The monoisotopic (exact) mass is 362 g/mol. The number of nitrogens with zero attached hydrogens (tertiary/aromatic N) is 3. The van der Waals surface area contributed by atoms with Crippen molar-refractivity contribution >= 4 is 17.2 Å². The first kappa shape index (κ1) is 17.9. The van der Waals surface area contributed by atoms with Gasteiger partial charge in [0, 0.05) is 25.2 Å². The maximum absolute atomic E-state index is 6.51. The number of fused-ring (bicyclic) bond motifs is 1. The molecule has 3 aromatic rings. The summed E-state index contributed by atoms with van der Waals surface area (Å²) in [4.78, 5) is 3.29. The molecule has 3 rings (SSSR count). The zero-order chi connectivity index (χ0) is 18.2. The van der Waals surface area contributed by atoms with Crippen molar-refractivity contribution in [1.82, 2.24) is 19.8 Å². The Labute approximate surface area is 152 Å². The van der Waals surface area contributed by atoms with Crippen molar-refractivity contribution in [3.63, 3.8) is 0 Å². The first-order valence-corrected chi connectivity index (χ1v) is 8.48. The van der Waals surface area contributed by atoms with E-state index in [1.807, 2.05) is 12.1 Å². The van der Waals surface area contributed by atoms with E-state index in [4.69, 9.17) is 21.1 Å². The van der Waals surface area contributed by atoms with Crippen LogP contribution in [0.3, 0.4) is 0 Å². The highest BCUT2D eigenvalue weighted by atomic mass is 35.5. The normalized spacial score (nSPS) is 12.2. The summed E-state index contributed by atoms with van der Waals surface area (Å²) in [6, 6.07) is 6.10. The summed E-state index contributed by atoms with van der Waals surface area (Å²) in [6.45, 7) is 7.27. The van der Waals surface area contributed by atoms with Crippen LogP contribution in [0.5, 0.6) is 0 Å². The Balaban J connectivity index is 2.07. The van der Waals surface area contributed by atoms with Crippen molar-refractivity contribution in [1.29, 1.82) is 0 Å². The Kier molecular flexibility index (Phi) is 4.86. The minimum atomic E-state index is -0.144. The molecule has 0 saturated heterocycles. The summed E-state index contributed by atoms with van der Waals surface area (Å²) in [5.74, 6) is 0.709. The summed E-state index contributed by atoms with van der Waals surface area (Å²) in [6.07, 6.45) is 0. The third-order valence-electron chi connectivity index (χ3n) is 3.99. The molecule has 7 heteroatoms. The van der Waals surface area contributed by atoms with E-state index in [9.17, 15) is 0 Å². The van der Waals surface area contributed by atoms with Crippen LogP contribution in [0.2, 0.25) is 5.02 Å². The highest BCUT2D eigenvalue weighted by molar-refractivity contribution is 6.34. The Morgan fingerprint density at radius 3 is 2.44 bits per heavy atom. The van der Waals surface area contributed by atoms with Crippen molar-refractivity contribution in [2.45, 2.75) is 39.4 Å². The van der Waals surface area contributed by atoms with E-state index >= 15 is 0 Å². The summed E-state index contributed by atoms with van der Waals surface area (Å²) in [5, 5.41) is 9.73. The Hall–Kier alpha value is -1.89. The van der Waals surface area contributed by atoms with Crippen molar-refractivity contribution in [3.05, 3.63) is 40.0 Å². The zero-order valence-corrected chi connectivity index (χ0v) is 15.9. The van der Waals surface area contributed by atoms with Crippen LogP contribution in [0.1, 0.15) is 37.6 Å². The largest absolute Gasteiger partial charge is 0.380 e. The van der Waals surface area contributed by atoms with Crippen LogP contribution >= 0.6 is 11.6 Å².